The largest absolute Gasteiger partial charge is 0.465 e. The molecule has 1 rings (SSSR count). The predicted octanol–water partition coefficient (Wildman–Crippen LogP) is 2.45. The molecule has 0 atom stereocenters. The summed E-state index contributed by atoms with van der Waals surface area (Å²) in [6.45, 7) is 0.440. The Hall–Kier alpha value is -2.04. The number of hydrogen-bond donors (Lipinski definition) is 3. The number of rotatable bonds is 7. The fraction of sp³-hybridized carbons (Fsp3) is 0.385. The Morgan fingerprint density at radius 3 is 2.44 bits per heavy atom. The molecule has 0 radical (unpaired) electrons. The van der Waals surface area contributed by atoms with Crippen LogP contribution in [0.1, 0.15) is 25.7 Å². The molecule has 0 heterocycles. The fourth-order valence-corrected chi connectivity index (χ4v) is 1.53. The van der Waals surface area contributed by atoms with Crippen LogP contribution in [0.3, 0.4) is 0 Å². The van der Waals surface area contributed by atoms with Crippen LogP contribution in [-0.4, -0.2) is 23.7 Å². The predicted molar refractivity (Wildman–Crippen MR) is 69.6 cm³/mol. The molecule has 5 heteroatoms. The van der Waals surface area contributed by atoms with Gasteiger partial charge in [-0.1, -0.05) is 24.6 Å². The number of nitrogens with one attached hydrogen (secondary N) is 2. The Kier molecular flexibility index (Phi) is 6.32. The number of carbonyl (C=O) groups is 2. The van der Waals surface area contributed by atoms with Gasteiger partial charge in [-0.25, -0.2) is 4.79 Å². The van der Waals surface area contributed by atoms with E-state index in [0.29, 0.717) is 13.0 Å². The van der Waals surface area contributed by atoms with Crippen LogP contribution in [0.2, 0.25) is 0 Å². The van der Waals surface area contributed by atoms with E-state index in [2.05, 4.69) is 10.6 Å². The SMILES string of the molecule is O=C(O)NCCCCCC(=O)Nc1ccccc1. The Labute approximate surface area is 106 Å². The molecule has 0 saturated carbocycles. The highest BCUT2D eigenvalue weighted by Crippen LogP contribution is 2.07. The number of unbranched alkanes of at least 4 members (excludes halogenated alkanes) is 2. The molecule has 18 heavy (non-hydrogen) atoms. The summed E-state index contributed by atoms with van der Waals surface area (Å²) < 4.78 is 0. The summed E-state index contributed by atoms with van der Waals surface area (Å²) in [5, 5.41) is 13.4. The third-order valence-corrected chi connectivity index (χ3v) is 2.41. The Bertz CT molecular complexity index is 379. The first-order valence-corrected chi connectivity index (χ1v) is 6.00. The number of anilines is 1. The van der Waals surface area contributed by atoms with Crippen molar-refractivity contribution in [2.75, 3.05) is 11.9 Å². The number of hydrogen-bond acceptors (Lipinski definition) is 2. The number of para-hydroxylation sites is 1. The molecule has 0 unspecified atom stereocenters. The van der Waals surface area contributed by atoms with Gasteiger partial charge >= 0.3 is 6.09 Å². The Balaban J connectivity index is 2.05. The first-order chi connectivity index (χ1) is 8.68. The lowest BCUT2D eigenvalue weighted by molar-refractivity contribution is -0.116. The smallest absolute Gasteiger partial charge is 0.404 e. The molecule has 3 N–H and O–H groups in total. The minimum absolute atomic E-state index is 0.00704. The van der Waals surface area contributed by atoms with E-state index in [0.717, 1.165) is 24.9 Å². The van der Waals surface area contributed by atoms with Crippen LogP contribution in [0.15, 0.2) is 30.3 Å². The third-order valence-electron chi connectivity index (χ3n) is 2.41. The van der Waals surface area contributed by atoms with Crippen LogP contribution in [-0.2, 0) is 4.79 Å². The van der Waals surface area contributed by atoms with Crippen molar-refractivity contribution in [3.05, 3.63) is 30.3 Å². The molecule has 0 aliphatic carbocycles. The first-order valence-electron chi connectivity index (χ1n) is 6.00. The van der Waals surface area contributed by atoms with Crippen molar-refractivity contribution >= 4 is 17.7 Å². The quantitative estimate of drug-likeness (QED) is 0.650. The zero-order chi connectivity index (χ0) is 13.2. The average molecular weight is 250 g/mol. The topological polar surface area (TPSA) is 78.4 Å². The van der Waals surface area contributed by atoms with Crippen LogP contribution in [0, 0.1) is 0 Å². The van der Waals surface area contributed by atoms with E-state index in [1.54, 1.807) is 0 Å². The van der Waals surface area contributed by atoms with E-state index < -0.39 is 6.09 Å². The lowest BCUT2D eigenvalue weighted by Crippen LogP contribution is -2.21. The van der Waals surface area contributed by atoms with E-state index >= 15 is 0 Å². The number of benzene rings is 1. The van der Waals surface area contributed by atoms with Crippen LogP contribution >= 0.6 is 0 Å². The molecule has 2 amide bonds. The van der Waals surface area contributed by atoms with E-state index in [9.17, 15) is 9.59 Å². The Morgan fingerprint density at radius 1 is 1.06 bits per heavy atom. The van der Waals surface area contributed by atoms with Crippen LogP contribution in [0.25, 0.3) is 0 Å². The van der Waals surface area contributed by atoms with Crippen LogP contribution in [0.5, 0.6) is 0 Å². The normalized spacial score (nSPS) is 9.78. The molecular weight excluding hydrogens is 232 g/mol. The maximum Gasteiger partial charge on any atom is 0.404 e. The molecule has 0 aromatic heterocycles. The summed E-state index contributed by atoms with van der Waals surface area (Å²) in [5.74, 6) is -0.00704. The van der Waals surface area contributed by atoms with Gasteiger partial charge in [0.15, 0.2) is 0 Å². The van der Waals surface area contributed by atoms with Crippen molar-refractivity contribution in [1.82, 2.24) is 5.32 Å². The maximum atomic E-state index is 11.5. The second-order valence-corrected chi connectivity index (χ2v) is 3.96. The van der Waals surface area contributed by atoms with Gasteiger partial charge in [0.05, 0.1) is 0 Å². The van der Waals surface area contributed by atoms with Gasteiger partial charge in [-0.3, -0.25) is 4.79 Å². The van der Waals surface area contributed by atoms with E-state index in [-0.39, 0.29) is 5.91 Å². The van der Waals surface area contributed by atoms with E-state index in [1.165, 1.54) is 0 Å². The van der Waals surface area contributed by atoms with Crippen molar-refractivity contribution in [3.63, 3.8) is 0 Å². The van der Waals surface area contributed by atoms with Gasteiger partial charge in [-0.05, 0) is 25.0 Å². The standard InChI is InChI=1S/C13H18N2O3/c16-12(15-11-7-3-1-4-8-11)9-5-2-6-10-14-13(17)18/h1,3-4,7-8,14H,2,5-6,9-10H2,(H,15,16)(H,17,18). The van der Waals surface area contributed by atoms with Gasteiger partial charge in [0.1, 0.15) is 0 Å². The van der Waals surface area contributed by atoms with Gasteiger partial charge in [0.25, 0.3) is 0 Å². The second kappa shape index (κ2) is 8.11. The first kappa shape index (κ1) is 14.0. The maximum absolute atomic E-state index is 11.5. The molecule has 0 aliphatic heterocycles. The summed E-state index contributed by atoms with van der Waals surface area (Å²) in [6.07, 6.45) is 1.81. The van der Waals surface area contributed by atoms with Gasteiger partial charge in [0, 0.05) is 18.7 Å². The molecule has 1 aromatic rings. The number of amides is 2. The molecule has 0 bridgehead atoms. The number of carbonyl (C=O) groups excluding carboxylic acids is 1. The zero-order valence-corrected chi connectivity index (χ0v) is 10.2. The van der Waals surface area contributed by atoms with Crippen LogP contribution < -0.4 is 10.6 Å². The number of carboxylic acid groups (broad SMARTS) is 1. The van der Waals surface area contributed by atoms with Gasteiger partial charge in [-0.15, -0.1) is 0 Å². The van der Waals surface area contributed by atoms with Crippen molar-refractivity contribution in [2.45, 2.75) is 25.7 Å². The molecule has 0 saturated heterocycles. The molecule has 0 fully saturated rings. The molecule has 0 spiro atoms. The van der Waals surface area contributed by atoms with E-state index in [1.807, 2.05) is 30.3 Å². The van der Waals surface area contributed by atoms with Crippen molar-refractivity contribution < 1.29 is 14.7 Å². The minimum atomic E-state index is -1.00. The fourth-order valence-electron chi connectivity index (χ4n) is 1.53. The van der Waals surface area contributed by atoms with Crippen LogP contribution in [0.4, 0.5) is 10.5 Å². The Morgan fingerprint density at radius 2 is 1.78 bits per heavy atom. The zero-order valence-electron chi connectivity index (χ0n) is 10.2. The molecule has 0 aliphatic rings. The van der Waals surface area contributed by atoms with Gasteiger partial charge in [0.2, 0.25) is 5.91 Å². The van der Waals surface area contributed by atoms with Crippen molar-refractivity contribution in [2.24, 2.45) is 0 Å². The summed E-state index contributed by atoms with van der Waals surface area (Å²) in [4.78, 5) is 21.7. The van der Waals surface area contributed by atoms with Gasteiger partial charge in [-0.2, -0.15) is 0 Å². The third kappa shape index (κ3) is 6.52. The molecule has 5 nitrogen and oxygen atoms in total. The molecular formula is C13H18N2O3. The van der Waals surface area contributed by atoms with Crippen molar-refractivity contribution in [1.29, 1.82) is 0 Å². The minimum Gasteiger partial charge on any atom is -0.465 e. The molecule has 98 valence electrons. The lowest BCUT2D eigenvalue weighted by Gasteiger charge is -2.04. The summed E-state index contributed by atoms with van der Waals surface area (Å²) in [6, 6.07) is 9.31. The van der Waals surface area contributed by atoms with Gasteiger partial charge < -0.3 is 15.7 Å². The summed E-state index contributed by atoms with van der Waals surface area (Å²) >= 11 is 0. The average Bonchev–Trinajstić information content (AvgIpc) is 2.34. The van der Waals surface area contributed by atoms with E-state index in [4.69, 9.17) is 5.11 Å². The monoisotopic (exact) mass is 250 g/mol. The second-order valence-electron chi connectivity index (χ2n) is 3.96. The highest BCUT2D eigenvalue weighted by atomic mass is 16.4. The summed E-state index contributed by atoms with van der Waals surface area (Å²) in [5.41, 5.74) is 0.801. The lowest BCUT2D eigenvalue weighted by atomic mass is 10.2. The highest BCUT2D eigenvalue weighted by molar-refractivity contribution is 5.90. The van der Waals surface area contributed by atoms with Crippen molar-refractivity contribution in [3.8, 4) is 0 Å². The molecule has 1 aromatic carbocycles. The summed E-state index contributed by atoms with van der Waals surface area (Å²) in [7, 11) is 0. The highest BCUT2D eigenvalue weighted by Gasteiger charge is 2.01.